The lowest BCUT2D eigenvalue weighted by Gasteiger charge is -2.22. The largest absolute Gasteiger partial charge is 0.495 e. The Hall–Kier alpha value is -2.61. The molecule has 29 heavy (non-hydrogen) atoms. The number of carbonyl (C=O) groups is 3. The molecule has 152 valence electrons. The third-order valence-corrected chi connectivity index (χ3v) is 5.21. The normalized spacial score (nSPS) is 16.4. The molecule has 2 aromatic rings. The SMILES string of the molecule is COc1ccc(N2C(=O)C[C@@H](N(C)CC(=O)Nc3ccccc3Cl)C2=O)cc1Cl. The number of halogens is 2. The molecule has 0 aliphatic carbocycles. The highest BCUT2D eigenvalue weighted by molar-refractivity contribution is 6.34. The van der Waals surface area contributed by atoms with E-state index in [-0.39, 0.29) is 24.8 Å². The summed E-state index contributed by atoms with van der Waals surface area (Å²) in [7, 11) is 3.10. The molecule has 1 saturated heterocycles. The van der Waals surface area contributed by atoms with Crippen molar-refractivity contribution in [2.24, 2.45) is 0 Å². The van der Waals surface area contributed by atoms with Crippen LogP contribution in [0.3, 0.4) is 0 Å². The zero-order chi connectivity index (χ0) is 21.1. The summed E-state index contributed by atoms with van der Waals surface area (Å²) in [5.41, 5.74) is 0.845. The van der Waals surface area contributed by atoms with Gasteiger partial charge in [-0.2, -0.15) is 0 Å². The summed E-state index contributed by atoms with van der Waals surface area (Å²) in [6.07, 6.45) is -0.0294. The van der Waals surface area contributed by atoms with Crippen LogP contribution in [-0.4, -0.2) is 49.4 Å². The lowest BCUT2D eigenvalue weighted by Crippen LogP contribution is -2.43. The van der Waals surface area contributed by atoms with Gasteiger partial charge in [0, 0.05) is 0 Å². The first-order valence-corrected chi connectivity index (χ1v) is 9.52. The molecule has 1 aliphatic rings. The molecule has 1 heterocycles. The van der Waals surface area contributed by atoms with Crippen molar-refractivity contribution < 1.29 is 19.1 Å². The first kappa shape index (κ1) is 21.1. The summed E-state index contributed by atoms with van der Waals surface area (Å²) in [6.45, 7) is -0.0773. The summed E-state index contributed by atoms with van der Waals surface area (Å²) in [6, 6.07) is 10.8. The van der Waals surface area contributed by atoms with Crippen LogP contribution in [0.4, 0.5) is 11.4 Å². The number of benzene rings is 2. The molecular weight excluding hydrogens is 417 g/mol. The van der Waals surface area contributed by atoms with E-state index in [1.54, 1.807) is 43.4 Å². The first-order chi connectivity index (χ1) is 13.8. The fourth-order valence-corrected chi connectivity index (χ4v) is 3.55. The van der Waals surface area contributed by atoms with E-state index in [0.29, 0.717) is 27.2 Å². The predicted molar refractivity (Wildman–Crippen MR) is 112 cm³/mol. The van der Waals surface area contributed by atoms with Crippen LogP contribution in [0.5, 0.6) is 5.75 Å². The van der Waals surface area contributed by atoms with Crippen LogP contribution in [0.15, 0.2) is 42.5 Å². The van der Waals surface area contributed by atoms with Crippen LogP contribution >= 0.6 is 23.2 Å². The van der Waals surface area contributed by atoms with Crippen LogP contribution in [0, 0.1) is 0 Å². The number of likely N-dealkylation sites (N-methyl/N-ethyl adjacent to an activating group) is 1. The van der Waals surface area contributed by atoms with E-state index in [1.165, 1.54) is 18.1 Å². The van der Waals surface area contributed by atoms with Crippen molar-refractivity contribution in [1.29, 1.82) is 0 Å². The summed E-state index contributed by atoms with van der Waals surface area (Å²) >= 11 is 12.2. The van der Waals surface area contributed by atoms with E-state index < -0.39 is 11.9 Å². The molecule has 1 atom stereocenters. The topological polar surface area (TPSA) is 79.0 Å². The monoisotopic (exact) mass is 435 g/mol. The molecule has 2 aromatic carbocycles. The van der Waals surface area contributed by atoms with Crippen molar-refractivity contribution in [3.05, 3.63) is 52.5 Å². The fraction of sp³-hybridized carbons (Fsp3) is 0.250. The van der Waals surface area contributed by atoms with Crippen LogP contribution in [0.25, 0.3) is 0 Å². The van der Waals surface area contributed by atoms with Crippen molar-refractivity contribution in [1.82, 2.24) is 4.90 Å². The molecule has 0 unspecified atom stereocenters. The number of ether oxygens (including phenoxy) is 1. The Balaban J connectivity index is 1.69. The molecule has 0 saturated carbocycles. The minimum atomic E-state index is -0.750. The number of rotatable bonds is 6. The molecule has 0 aromatic heterocycles. The summed E-state index contributed by atoms with van der Waals surface area (Å²) in [4.78, 5) is 40.3. The number of para-hydroxylation sites is 1. The van der Waals surface area contributed by atoms with Crippen molar-refractivity contribution in [2.45, 2.75) is 12.5 Å². The number of methoxy groups -OCH3 is 1. The summed E-state index contributed by atoms with van der Waals surface area (Å²) in [5, 5.41) is 3.41. The minimum Gasteiger partial charge on any atom is -0.495 e. The summed E-state index contributed by atoms with van der Waals surface area (Å²) < 4.78 is 5.09. The molecule has 1 N–H and O–H groups in total. The Bertz CT molecular complexity index is 966. The van der Waals surface area contributed by atoms with Gasteiger partial charge in [-0.15, -0.1) is 0 Å². The molecule has 3 amide bonds. The van der Waals surface area contributed by atoms with Crippen LogP contribution in [0.1, 0.15) is 6.42 Å². The van der Waals surface area contributed by atoms with Crippen LogP contribution < -0.4 is 15.0 Å². The third kappa shape index (κ3) is 4.53. The molecule has 0 radical (unpaired) electrons. The number of nitrogens with zero attached hydrogens (tertiary/aromatic N) is 2. The average molecular weight is 436 g/mol. The van der Waals surface area contributed by atoms with Crippen molar-refractivity contribution in [2.75, 3.05) is 30.9 Å². The highest BCUT2D eigenvalue weighted by atomic mass is 35.5. The highest BCUT2D eigenvalue weighted by Gasteiger charge is 2.42. The standard InChI is InChI=1S/C20H19Cl2N3O4/c1-24(11-18(26)23-15-6-4-3-5-13(15)21)16-10-19(27)25(20(16)28)12-7-8-17(29-2)14(22)9-12/h3-9,16H,10-11H2,1-2H3,(H,23,26)/t16-/m1/s1. The number of nitrogens with one attached hydrogen (secondary N) is 1. The third-order valence-electron chi connectivity index (χ3n) is 4.59. The molecule has 0 spiro atoms. The minimum absolute atomic E-state index is 0.0294. The molecule has 0 bridgehead atoms. The Morgan fingerprint density at radius 3 is 2.59 bits per heavy atom. The number of amides is 3. The summed E-state index contributed by atoms with van der Waals surface area (Å²) in [5.74, 6) is -0.671. The van der Waals surface area contributed by atoms with Gasteiger partial charge in [0.25, 0.3) is 5.91 Å². The van der Waals surface area contributed by atoms with Crippen molar-refractivity contribution in [3.63, 3.8) is 0 Å². The van der Waals surface area contributed by atoms with Crippen molar-refractivity contribution >= 4 is 52.3 Å². The van der Waals surface area contributed by atoms with Gasteiger partial charge in [0.15, 0.2) is 0 Å². The number of imide groups is 1. The maximum Gasteiger partial charge on any atom is 0.251 e. The van der Waals surface area contributed by atoms with Gasteiger partial charge in [0.2, 0.25) is 11.8 Å². The molecule has 7 nitrogen and oxygen atoms in total. The second-order valence-corrected chi connectivity index (χ2v) is 7.36. The zero-order valence-electron chi connectivity index (χ0n) is 15.8. The van der Waals surface area contributed by atoms with Gasteiger partial charge in [0.1, 0.15) is 5.75 Å². The highest BCUT2D eigenvalue weighted by Crippen LogP contribution is 2.32. The smallest absolute Gasteiger partial charge is 0.251 e. The maximum atomic E-state index is 12.9. The van der Waals surface area contributed by atoms with Crippen LogP contribution in [0.2, 0.25) is 10.0 Å². The Labute approximate surface area is 178 Å². The number of hydrogen-bond acceptors (Lipinski definition) is 5. The van der Waals surface area contributed by atoms with Gasteiger partial charge in [-0.1, -0.05) is 35.3 Å². The number of hydrogen-bond donors (Lipinski definition) is 1. The maximum absolute atomic E-state index is 12.9. The van der Waals surface area contributed by atoms with Crippen molar-refractivity contribution in [3.8, 4) is 5.75 Å². The van der Waals surface area contributed by atoms with E-state index in [9.17, 15) is 14.4 Å². The Morgan fingerprint density at radius 1 is 1.21 bits per heavy atom. The quantitative estimate of drug-likeness (QED) is 0.704. The molecule has 9 heteroatoms. The van der Waals surface area contributed by atoms with Gasteiger partial charge in [0.05, 0.1) is 47.5 Å². The Morgan fingerprint density at radius 2 is 1.93 bits per heavy atom. The first-order valence-electron chi connectivity index (χ1n) is 8.76. The van der Waals surface area contributed by atoms with E-state index in [0.717, 1.165) is 4.90 Å². The fourth-order valence-electron chi connectivity index (χ4n) is 3.11. The second-order valence-electron chi connectivity index (χ2n) is 6.55. The molecule has 1 fully saturated rings. The molecular formula is C20H19Cl2N3O4. The van der Waals surface area contributed by atoms with E-state index >= 15 is 0 Å². The lowest BCUT2D eigenvalue weighted by atomic mass is 10.2. The second kappa shape index (κ2) is 8.82. The van der Waals surface area contributed by atoms with Gasteiger partial charge in [-0.25, -0.2) is 4.90 Å². The number of anilines is 2. The average Bonchev–Trinajstić information content (AvgIpc) is 2.98. The zero-order valence-corrected chi connectivity index (χ0v) is 17.3. The predicted octanol–water partition coefficient (Wildman–Crippen LogP) is 3.20. The van der Waals surface area contributed by atoms with Gasteiger partial charge in [-0.05, 0) is 37.4 Å². The molecule has 1 aliphatic heterocycles. The van der Waals surface area contributed by atoms with Gasteiger partial charge in [-0.3, -0.25) is 19.3 Å². The van der Waals surface area contributed by atoms with E-state index in [4.69, 9.17) is 27.9 Å². The number of carbonyl (C=O) groups excluding carboxylic acids is 3. The van der Waals surface area contributed by atoms with Crippen LogP contribution in [-0.2, 0) is 14.4 Å². The van der Waals surface area contributed by atoms with Gasteiger partial charge < -0.3 is 10.1 Å². The Kier molecular flexibility index (Phi) is 6.42. The van der Waals surface area contributed by atoms with Gasteiger partial charge >= 0.3 is 0 Å². The van der Waals surface area contributed by atoms with E-state index in [1.807, 2.05) is 0 Å². The lowest BCUT2D eigenvalue weighted by molar-refractivity contribution is -0.123. The molecule has 3 rings (SSSR count). The van der Waals surface area contributed by atoms with E-state index in [2.05, 4.69) is 5.32 Å².